The topological polar surface area (TPSA) is 106 Å². The van der Waals surface area contributed by atoms with Crippen molar-refractivity contribution in [1.82, 2.24) is 4.72 Å². The average molecular weight is 334 g/mol. The second-order valence-electron chi connectivity index (χ2n) is 5.81. The molecule has 8 heteroatoms. The summed E-state index contributed by atoms with van der Waals surface area (Å²) >= 11 is 0. The molecule has 0 heterocycles. The summed E-state index contributed by atoms with van der Waals surface area (Å²) in [5.41, 5.74) is 5.50. The highest BCUT2D eigenvalue weighted by atomic mass is 32.2. The Kier molecular flexibility index (Phi) is 5.07. The number of nitrogens with two attached hydrogens (primary N) is 1. The molecular weight excluding hydrogens is 312 g/mol. The lowest BCUT2D eigenvalue weighted by molar-refractivity contribution is 0.350. The smallest absolute Gasteiger partial charge is 0.242 e. The van der Waals surface area contributed by atoms with Crippen LogP contribution in [0.3, 0.4) is 0 Å². The van der Waals surface area contributed by atoms with Crippen molar-refractivity contribution in [3.8, 4) is 0 Å². The normalized spacial score (nSPS) is 13.3. The molecule has 0 aliphatic rings. The number of benzene rings is 1. The molecule has 0 radical (unpaired) electrons. The van der Waals surface area contributed by atoms with Crippen LogP contribution in [0.1, 0.15) is 27.2 Å². The van der Waals surface area contributed by atoms with Crippen LogP contribution in [0.4, 0.5) is 5.69 Å². The third-order valence-corrected chi connectivity index (χ3v) is 5.97. The van der Waals surface area contributed by atoms with Gasteiger partial charge in [-0.05, 0) is 30.0 Å². The number of sulfonamides is 1. The zero-order chi connectivity index (χ0) is 16.5. The van der Waals surface area contributed by atoms with E-state index in [9.17, 15) is 16.8 Å². The van der Waals surface area contributed by atoms with Crippen LogP contribution in [0.5, 0.6) is 0 Å². The van der Waals surface area contributed by atoms with E-state index in [4.69, 9.17) is 5.73 Å². The van der Waals surface area contributed by atoms with Gasteiger partial charge in [-0.2, -0.15) is 0 Å². The minimum absolute atomic E-state index is 0.0178. The van der Waals surface area contributed by atoms with E-state index in [-0.39, 0.29) is 27.4 Å². The molecule has 0 aliphatic heterocycles. The molecule has 0 unspecified atom stereocenters. The summed E-state index contributed by atoms with van der Waals surface area (Å²) in [6.07, 6.45) is 1.82. The Labute approximate surface area is 126 Å². The van der Waals surface area contributed by atoms with Crippen LogP contribution < -0.4 is 10.5 Å². The largest absolute Gasteiger partial charge is 0.398 e. The van der Waals surface area contributed by atoms with E-state index in [2.05, 4.69) is 4.72 Å². The van der Waals surface area contributed by atoms with Crippen molar-refractivity contribution in [3.63, 3.8) is 0 Å². The molecule has 0 saturated heterocycles. The van der Waals surface area contributed by atoms with Crippen molar-refractivity contribution in [2.75, 3.05) is 18.5 Å². The van der Waals surface area contributed by atoms with E-state index in [0.29, 0.717) is 0 Å². The minimum Gasteiger partial charge on any atom is -0.398 e. The molecule has 0 aliphatic carbocycles. The molecule has 0 fully saturated rings. The van der Waals surface area contributed by atoms with Crippen LogP contribution in [0, 0.1) is 5.41 Å². The summed E-state index contributed by atoms with van der Waals surface area (Å²) in [5.74, 6) is 0. The summed E-state index contributed by atoms with van der Waals surface area (Å²) in [7, 11) is -7.35. The van der Waals surface area contributed by atoms with Gasteiger partial charge >= 0.3 is 0 Å². The van der Waals surface area contributed by atoms with Gasteiger partial charge in [0.15, 0.2) is 9.84 Å². The highest BCUT2D eigenvalue weighted by Crippen LogP contribution is 2.24. The van der Waals surface area contributed by atoms with Crippen molar-refractivity contribution in [3.05, 3.63) is 18.2 Å². The second-order valence-corrected chi connectivity index (χ2v) is 9.57. The van der Waals surface area contributed by atoms with E-state index >= 15 is 0 Å². The van der Waals surface area contributed by atoms with Gasteiger partial charge in [0.25, 0.3) is 0 Å². The van der Waals surface area contributed by atoms with Crippen molar-refractivity contribution in [1.29, 1.82) is 0 Å². The Morgan fingerprint density at radius 3 is 2.24 bits per heavy atom. The Hall–Kier alpha value is -1.12. The molecular formula is C13H22N2O4S2. The Morgan fingerprint density at radius 1 is 1.19 bits per heavy atom. The standard InChI is InChI=1S/C13H22N2O4S2/c1-5-13(2,3)9-15-21(18,19)12-8-10(20(4,16)17)6-7-11(12)14/h6-8,15H,5,9,14H2,1-4H3. The van der Waals surface area contributed by atoms with Crippen LogP contribution in [0.25, 0.3) is 0 Å². The predicted molar refractivity (Wildman–Crippen MR) is 83.2 cm³/mol. The van der Waals surface area contributed by atoms with Crippen LogP contribution in [-0.4, -0.2) is 29.6 Å². The van der Waals surface area contributed by atoms with Gasteiger partial charge in [-0.1, -0.05) is 20.8 Å². The van der Waals surface area contributed by atoms with E-state index in [0.717, 1.165) is 18.7 Å². The SMILES string of the molecule is CCC(C)(C)CNS(=O)(=O)c1cc(S(C)(=O)=O)ccc1N. The fourth-order valence-electron chi connectivity index (χ4n) is 1.47. The zero-order valence-corrected chi connectivity index (χ0v) is 14.3. The van der Waals surface area contributed by atoms with E-state index < -0.39 is 19.9 Å². The maximum absolute atomic E-state index is 12.3. The number of anilines is 1. The van der Waals surface area contributed by atoms with Crippen LogP contribution in [0.15, 0.2) is 28.0 Å². The summed E-state index contributed by atoms with van der Waals surface area (Å²) < 4.78 is 50.2. The van der Waals surface area contributed by atoms with Gasteiger partial charge in [0.1, 0.15) is 4.90 Å². The molecule has 0 spiro atoms. The van der Waals surface area contributed by atoms with Crippen LogP contribution >= 0.6 is 0 Å². The number of sulfone groups is 1. The molecule has 3 N–H and O–H groups in total. The van der Waals surface area contributed by atoms with Crippen molar-refractivity contribution in [2.45, 2.75) is 37.0 Å². The maximum atomic E-state index is 12.3. The highest BCUT2D eigenvalue weighted by molar-refractivity contribution is 7.91. The number of nitrogen functional groups attached to an aromatic ring is 1. The van der Waals surface area contributed by atoms with Gasteiger partial charge in [-0.15, -0.1) is 0 Å². The van der Waals surface area contributed by atoms with E-state index in [1.807, 2.05) is 20.8 Å². The van der Waals surface area contributed by atoms with Crippen LogP contribution in [0.2, 0.25) is 0 Å². The molecule has 0 aromatic heterocycles. The van der Waals surface area contributed by atoms with Crippen LogP contribution in [-0.2, 0) is 19.9 Å². The molecule has 1 aromatic rings. The molecule has 0 atom stereocenters. The lowest BCUT2D eigenvalue weighted by Gasteiger charge is -2.23. The number of hydrogen-bond acceptors (Lipinski definition) is 5. The monoisotopic (exact) mass is 334 g/mol. The minimum atomic E-state index is -3.86. The van der Waals surface area contributed by atoms with Gasteiger partial charge in [0.05, 0.1) is 10.6 Å². The molecule has 0 bridgehead atoms. The fourth-order valence-corrected chi connectivity index (χ4v) is 3.59. The summed E-state index contributed by atoms with van der Waals surface area (Å²) in [6.45, 7) is 6.08. The first-order valence-electron chi connectivity index (χ1n) is 6.48. The molecule has 0 saturated carbocycles. The molecule has 1 aromatic carbocycles. The lowest BCUT2D eigenvalue weighted by Crippen LogP contribution is -2.34. The van der Waals surface area contributed by atoms with Crippen molar-refractivity contribution >= 4 is 25.5 Å². The quantitative estimate of drug-likeness (QED) is 0.765. The first kappa shape index (κ1) is 17.9. The first-order chi connectivity index (χ1) is 9.39. The van der Waals surface area contributed by atoms with Crippen molar-refractivity contribution < 1.29 is 16.8 Å². The third kappa shape index (κ3) is 4.69. The van der Waals surface area contributed by atoms with Gasteiger partial charge in [-0.25, -0.2) is 21.6 Å². The average Bonchev–Trinajstić information content (AvgIpc) is 2.35. The van der Waals surface area contributed by atoms with E-state index in [1.165, 1.54) is 12.1 Å². The molecule has 6 nitrogen and oxygen atoms in total. The van der Waals surface area contributed by atoms with Gasteiger partial charge in [0, 0.05) is 12.8 Å². The van der Waals surface area contributed by atoms with E-state index in [1.54, 1.807) is 0 Å². The number of hydrogen-bond donors (Lipinski definition) is 2. The summed E-state index contributed by atoms with van der Waals surface area (Å²) in [6, 6.07) is 3.67. The fraction of sp³-hybridized carbons (Fsp3) is 0.538. The van der Waals surface area contributed by atoms with Gasteiger partial charge in [0.2, 0.25) is 10.0 Å². The van der Waals surface area contributed by atoms with Crippen molar-refractivity contribution in [2.24, 2.45) is 5.41 Å². The van der Waals surface area contributed by atoms with Gasteiger partial charge in [-0.3, -0.25) is 0 Å². The number of rotatable bonds is 6. The Morgan fingerprint density at radius 2 is 1.76 bits per heavy atom. The second kappa shape index (κ2) is 5.94. The summed E-state index contributed by atoms with van der Waals surface area (Å²) in [4.78, 5) is -0.288. The lowest BCUT2D eigenvalue weighted by atomic mass is 9.91. The first-order valence-corrected chi connectivity index (χ1v) is 9.86. The Balaban J connectivity index is 3.20. The predicted octanol–water partition coefficient (Wildman–Crippen LogP) is 1.39. The summed E-state index contributed by atoms with van der Waals surface area (Å²) in [5, 5.41) is 0. The van der Waals surface area contributed by atoms with Gasteiger partial charge < -0.3 is 5.73 Å². The Bertz CT molecular complexity index is 723. The maximum Gasteiger partial charge on any atom is 0.242 e. The zero-order valence-electron chi connectivity index (χ0n) is 12.7. The molecule has 0 amide bonds. The molecule has 120 valence electrons. The third-order valence-electron chi connectivity index (χ3n) is 3.40. The molecule has 1 rings (SSSR count). The number of nitrogens with one attached hydrogen (secondary N) is 1. The highest BCUT2D eigenvalue weighted by Gasteiger charge is 2.23. The molecule has 21 heavy (non-hydrogen) atoms.